The minimum Gasteiger partial charge on any atom is -0.420 e. The Hall–Kier alpha value is -1.79. The van der Waals surface area contributed by atoms with Crippen LogP contribution < -0.4 is 5.73 Å². The van der Waals surface area contributed by atoms with Crippen LogP contribution in [0.4, 0.5) is 5.69 Å². The summed E-state index contributed by atoms with van der Waals surface area (Å²) in [7, 11) is 0. The standard InChI is InChI=1S/C15H12BrN3OS/c16-11-6-7-12(17)13(8-11)21-9-14-18-19-15(20-14)10-4-2-1-3-5-10/h1-8H,9,17H2. The van der Waals surface area contributed by atoms with Crippen LogP contribution in [-0.2, 0) is 5.75 Å². The average Bonchev–Trinajstić information content (AvgIpc) is 2.98. The highest BCUT2D eigenvalue weighted by atomic mass is 79.9. The predicted octanol–water partition coefficient (Wildman–Crippen LogP) is 4.37. The zero-order valence-corrected chi connectivity index (χ0v) is 13.4. The Balaban J connectivity index is 1.72. The molecule has 106 valence electrons. The Bertz CT molecular complexity index is 746. The third kappa shape index (κ3) is 3.46. The average molecular weight is 362 g/mol. The minimum atomic E-state index is 0.536. The van der Waals surface area contributed by atoms with Gasteiger partial charge in [-0.2, -0.15) is 0 Å². The largest absolute Gasteiger partial charge is 0.420 e. The summed E-state index contributed by atoms with van der Waals surface area (Å²) >= 11 is 5.01. The van der Waals surface area contributed by atoms with Crippen molar-refractivity contribution in [2.45, 2.75) is 10.6 Å². The van der Waals surface area contributed by atoms with Crippen LogP contribution in [0.2, 0.25) is 0 Å². The molecular formula is C15H12BrN3OS. The molecule has 1 aromatic heterocycles. The second-order valence-corrected chi connectivity index (χ2v) is 6.27. The summed E-state index contributed by atoms with van der Waals surface area (Å²) in [5.74, 6) is 1.70. The lowest BCUT2D eigenvalue weighted by atomic mass is 10.2. The summed E-state index contributed by atoms with van der Waals surface area (Å²) in [5, 5.41) is 8.14. The number of rotatable bonds is 4. The second-order valence-electron chi connectivity index (χ2n) is 4.34. The molecule has 2 aromatic carbocycles. The molecule has 4 nitrogen and oxygen atoms in total. The van der Waals surface area contributed by atoms with Gasteiger partial charge in [0.25, 0.3) is 0 Å². The first-order valence-corrected chi connectivity index (χ1v) is 8.06. The Kier molecular flexibility index (Phi) is 4.26. The van der Waals surface area contributed by atoms with Crippen molar-refractivity contribution in [2.24, 2.45) is 0 Å². The summed E-state index contributed by atoms with van der Waals surface area (Å²) in [6.07, 6.45) is 0. The van der Waals surface area contributed by atoms with Gasteiger partial charge in [0, 0.05) is 20.6 Å². The van der Waals surface area contributed by atoms with E-state index in [4.69, 9.17) is 10.2 Å². The van der Waals surface area contributed by atoms with Crippen molar-refractivity contribution in [1.82, 2.24) is 10.2 Å². The van der Waals surface area contributed by atoms with E-state index >= 15 is 0 Å². The molecule has 0 radical (unpaired) electrons. The Morgan fingerprint density at radius 2 is 1.90 bits per heavy atom. The van der Waals surface area contributed by atoms with Gasteiger partial charge < -0.3 is 10.2 Å². The quantitative estimate of drug-likeness (QED) is 0.551. The normalized spacial score (nSPS) is 10.7. The van der Waals surface area contributed by atoms with Gasteiger partial charge in [0.15, 0.2) is 0 Å². The van der Waals surface area contributed by atoms with Crippen LogP contribution in [0, 0.1) is 0 Å². The van der Waals surface area contributed by atoms with Gasteiger partial charge in [-0.3, -0.25) is 0 Å². The molecule has 0 saturated heterocycles. The van der Waals surface area contributed by atoms with E-state index in [0.717, 1.165) is 20.6 Å². The van der Waals surface area contributed by atoms with Crippen LogP contribution in [0.3, 0.4) is 0 Å². The van der Waals surface area contributed by atoms with E-state index in [-0.39, 0.29) is 0 Å². The highest BCUT2D eigenvalue weighted by Crippen LogP contribution is 2.31. The summed E-state index contributed by atoms with van der Waals surface area (Å²) in [6, 6.07) is 15.5. The van der Waals surface area contributed by atoms with E-state index in [0.29, 0.717) is 17.5 Å². The maximum atomic E-state index is 5.94. The zero-order chi connectivity index (χ0) is 14.7. The molecule has 2 N–H and O–H groups in total. The highest BCUT2D eigenvalue weighted by Gasteiger charge is 2.09. The Morgan fingerprint density at radius 1 is 1.10 bits per heavy atom. The van der Waals surface area contributed by atoms with E-state index in [2.05, 4.69) is 26.1 Å². The maximum Gasteiger partial charge on any atom is 0.247 e. The van der Waals surface area contributed by atoms with Gasteiger partial charge in [-0.05, 0) is 30.3 Å². The molecule has 0 bridgehead atoms. The van der Waals surface area contributed by atoms with Crippen molar-refractivity contribution >= 4 is 33.4 Å². The first-order chi connectivity index (χ1) is 10.2. The predicted molar refractivity (Wildman–Crippen MR) is 87.8 cm³/mol. The number of aromatic nitrogens is 2. The summed E-state index contributed by atoms with van der Waals surface area (Å²) in [4.78, 5) is 0.990. The number of nitrogens with two attached hydrogens (primary N) is 1. The number of anilines is 1. The van der Waals surface area contributed by atoms with E-state index in [1.165, 1.54) is 0 Å². The molecule has 21 heavy (non-hydrogen) atoms. The Labute approximate surface area is 134 Å². The van der Waals surface area contributed by atoms with E-state index in [1.54, 1.807) is 11.8 Å². The lowest BCUT2D eigenvalue weighted by Gasteiger charge is -2.03. The molecule has 3 aromatic rings. The third-order valence-corrected chi connectivity index (χ3v) is 4.36. The molecule has 0 unspecified atom stereocenters. The van der Waals surface area contributed by atoms with Gasteiger partial charge in [0.1, 0.15) is 0 Å². The molecule has 0 spiro atoms. The van der Waals surface area contributed by atoms with E-state index in [9.17, 15) is 0 Å². The molecule has 6 heteroatoms. The molecule has 0 amide bonds. The van der Waals surface area contributed by atoms with Crippen molar-refractivity contribution in [2.75, 3.05) is 5.73 Å². The fraction of sp³-hybridized carbons (Fsp3) is 0.0667. The van der Waals surface area contributed by atoms with Crippen molar-refractivity contribution in [1.29, 1.82) is 0 Å². The number of hydrogen-bond donors (Lipinski definition) is 1. The number of thioether (sulfide) groups is 1. The summed E-state index contributed by atoms with van der Waals surface area (Å²) in [6.45, 7) is 0. The van der Waals surface area contributed by atoms with Crippen molar-refractivity contribution in [3.05, 3.63) is 58.9 Å². The van der Waals surface area contributed by atoms with E-state index in [1.807, 2.05) is 48.5 Å². The molecule has 0 aliphatic heterocycles. The van der Waals surface area contributed by atoms with Gasteiger partial charge in [-0.15, -0.1) is 22.0 Å². The molecule has 3 rings (SSSR count). The number of halogens is 1. The van der Waals surface area contributed by atoms with Crippen molar-refractivity contribution in [3.63, 3.8) is 0 Å². The molecule has 0 aliphatic carbocycles. The molecular weight excluding hydrogens is 350 g/mol. The van der Waals surface area contributed by atoms with E-state index < -0.39 is 0 Å². The maximum absolute atomic E-state index is 5.94. The first-order valence-electron chi connectivity index (χ1n) is 6.28. The van der Waals surface area contributed by atoms with Crippen LogP contribution in [-0.4, -0.2) is 10.2 Å². The number of benzene rings is 2. The van der Waals surface area contributed by atoms with Crippen molar-refractivity contribution < 1.29 is 4.42 Å². The second kappa shape index (κ2) is 6.32. The van der Waals surface area contributed by atoms with Crippen LogP contribution in [0.5, 0.6) is 0 Å². The SMILES string of the molecule is Nc1ccc(Br)cc1SCc1nnc(-c2ccccc2)o1. The number of nitrogen functional groups attached to an aromatic ring is 1. The van der Waals surface area contributed by atoms with Crippen molar-refractivity contribution in [3.8, 4) is 11.5 Å². The number of hydrogen-bond acceptors (Lipinski definition) is 5. The fourth-order valence-electron chi connectivity index (χ4n) is 1.78. The minimum absolute atomic E-state index is 0.536. The Morgan fingerprint density at radius 3 is 2.71 bits per heavy atom. The lowest BCUT2D eigenvalue weighted by Crippen LogP contribution is -1.89. The van der Waals surface area contributed by atoms with Crippen LogP contribution in [0.1, 0.15) is 5.89 Å². The molecule has 0 fully saturated rings. The van der Waals surface area contributed by atoms with Gasteiger partial charge in [-0.25, -0.2) is 0 Å². The van der Waals surface area contributed by atoms with Crippen LogP contribution in [0.15, 0.2) is 62.3 Å². The third-order valence-electron chi connectivity index (χ3n) is 2.81. The molecule has 0 aliphatic rings. The van der Waals surface area contributed by atoms with Gasteiger partial charge >= 0.3 is 0 Å². The topological polar surface area (TPSA) is 64.9 Å². The van der Waals surface area contributed by atoms with Crippen LogP contribution >= 0.6 is 27.7 Å². The smallest absolute Gasteiger partial charge is 0.247 e. The lowest BCUT2D eigenvalue weighted by molar-refractivity contribution is 0.528. The first kappa shape index (κ1) is 14.2. The molecule has 1 heterocycles. The zero-order valence-electron chi connectivity index (χ0n) is 11.0. The fourth-order valence-corrected chi connectivity index (χ4v) is 3.14. The summed E-state index contributed by atoms with van der Waals surface area (Å²) < 4.78 is 6.66. The molecule has 0 saturated carbocycles. The van der Waals surface area contributed by atoms with Gasteiger partial charge in [-0.1, -0.05) is 34.1 Å². The monoisotopic (exact) mass is 361 g/mol. The van der Waals surface area contributed by atoms with Gasteiger partial charge in [0.05, 0.1) is 5.75 Å². The molecule has 0 atom stereocenters. The number of nitrogens with zero attached hydrogens (tertiary/aromatic N) is 2. The summed E-state index contributed by atoms with van der Waals surface area (Å²) in [5.41, 5.74) is 7.60. The van der Waals surface area contributed by atoms with Gasteiger partial charge in [0.2, 0.25) is 11.8 Å². The highest BCUT2D eigenvalue weighted by molar-refractivity contribution is 9.10. The van der Waals surface area contributed by atoms with Crippen LogP contribution in [0.25, 0.3) is 11.5 Å².